The normalized spacial score (nSPS) is 16.3. The zero-order chi connectivity index (χ0) is 27.1. The Hall–Kier alpha value is -2.52. The van der Waals surface area contributed by atoms with Crippen molar-refractivity contribution in [1.29, 1.82) is 0 Å². The number of aliphatic carboxylic acids is 1. The van der Waals surface area contributed by atoms with E-state index in [0.29, 0.717) is 47.5 Å². The van der Waals surface area contributed by atoms with Gasteiger partial charge in [-0.05, 0) is 100.0 Å². The van der Waals surface area contributed by atoms with Gasteiger partial charge in [-0.1, -0.05) is 11.6 Å². The van der Waals surface area contributed by atoms with Crippen molar-refractivity contribution in [3.8, 4) is 11.5 Å². The number of likely N-dealkylation sites (tertiary alicyclic amines) is 1. The summed E-state index contributed by atoms with van der Waals surface area (Å²) in [4.78, 5) is 20.3. The number of aromatic nitrogens is 1. The van der Waals surface area contributed by atoms with Crippen molar-refractivity contribution < 1.29 is 24.5 Å². The van der Waals surface area contributed by atoms with Gasteiger partial charge in [0.2, 0.25) is 0 Å². The van der Waals surface area contributed by atoms with Crippen LogP contribution in [0.2, 0.25) is 5.02 Å². The summed E-state index contributed by atoms with van der Waals surface area (Å²) in [6.07, 6.45) is 3.50. The van der Waals surface area contributed by atoms with E-state index in [4.69, 9.17) is 21.1 Å². The fourth-order valence-electron chi connectivity index (χ4n) is 5.12. The maximum Gasteiger partial charge on any atom is 0.309 e. The molecular weight excluding hydrogens is 524 g/mol. The number of hydrogen-bond donors (Lipinski definition) is 2. The summed E-state index contributed by atoms with van der Waals surface area (Å²) in [6.45, 7) is 2.43. The first-order valence-electron chi connectivity index (χ1n) is 12.9. The van der Waals surface area contributed by atoms with Crippen LogP contribution < -0.4 is 9.47 Å². The van der Waals surface area contributed by atoms with Gasteiger partial charge in [-0.3, -0.25) is 9.78 Å². The summed E-state index contributed by atoms with van der Waals surface area (Å²) in [6, 6.07) is 13.5. The quantitative estimate of drug-likeness (QED) is 0.204. The van der Waals surface area contributed by atoms with E-state index in [1.54, 1.807) is 14.2 Å². The van der Waals surface area contributed by atoms with E-state index in [1.807, 2.05) is 42.1 Å². The molecule has 1 fully saturated rings. The van der Waals surface area contributed by atoms with Crippen LogP contribution in [0.1, 0.15) is 43.8 Å². The SMILES string of the molecule is COc1ccc(SCCCN2CCC(CCC(O)c3c(Cl)cnc4ccc(OC)cc34)(C(=O)O)CC2)cc1. The molecule has 1 atom stereocenters. The fraction of sp³-hybridized carbons (Fsp3) is 0.448. The lowest BCUT2D eigenvalue weighted by atomic mass is 9.74. The molecule has 3 aromatic rings. The number of halogens is 1. The van der Waals surface area contributed by atoms with Crippen LogP contribution >= 0.6 is 23.4 Å². The van der Waals surface area contributed by atoms with E-state index < -0.39 is 17.5 Å². The first-order chi connectivity index (χ1) is 18.3. The zero-order valence-corrected chi connectivity index (χ0v) is 23.4. The number of hydrogen-bond acceptors (Lipinski definition) is 7. The minimum absolute atomic E-state index is 0.306. The highest BCUT2D eigenvalue weighted by Crippen LogP contribution is 2.41. The summed E-state index contributed by atoms with van der Waals surface area (Å²) in [5.74, 6) is 1.72. The minimum Gasteiger partial charge on any atom is -0.497 e. The third-order valence-corrected chi connectivity index (χ3v) is 8.91. The molecule has 0 radical (unpaired) electrons. The molecule has 7 nitrogen and oxygen atoms in total. The van der Waals surface area contributed by atoms with Crippen LogP contribution in [0, 0.1) is 5.41 Å². The van der Waals surface area contributed by atoms with Crippen LogP contribution in [-0.4, -0.2) is 65.7 Å². The van der Waals surface area contributed by atoms with Crippen LogP contribution in [0.25, 0.3) is 10.9 Å². The lowest BCUT2D eigenvalue weighted by Crippen LogP contribution is -2.44. The summed E-state index contributed by atoms with van der Waals surface area (Å²) in [7, 11) is 3.25. The van der Waals surface area contributed by atoms with Crippen LogP contribution in [0.5, 0.6) is 11.5 Å². The number of methoxy groups -OCH3 is 2. The van der Waals surface area contributed by atoms with Gasteiger partial charge in [0.15, 0.2) is 0 Å². The second-order valence-corrected chi connectivity index (χ2v) is 11.3. The number of fused-ring (bicyclic) bond motifs is 1. The first kappa shape index (κ1) is 28.5. The van der Waals surface area contributed by atoms with Gasteiger partial charge >= 0.3 is 5.97 Å². The third kappa shape index (κ3) is 6.72. The zero-order valence-electron chi connectivity index (χ0n) is 21.9. The smallest absolute Gasteiger partial charge is 0.309 e. The van der Waals surface area contributed by atoms with Gasteiger partial charge in [0.05, 0.1) is 36.3 Å². The van der Waals surface area contributed by atoms with E-state index in [2.05, 4.69) is 22.0 Å². The maximum atomic E-state index is 12.4. The highest BCUT2D eigenvalue weighted by molar-refractivity contribution is 7.99. The van der Waals surface area contributed by atoms with Crippen LogP contribution in [-0.2, 0) is 4.79 Å². The van der Waals surface area contributed by atoms with Gasteiger partial charge in [0, 0.05) is 22.0 Å². The average Bonchev–Trinajstić information content (AvgIpc) is 2.94. The van der Waals surface area contributed by atoms with E-state index in [0.717, 1.165) is 42.9 Å². The predicted octanol–water partition coefficient (Wildman–Crippen LogP) is 6.07. The molecule has 0 amide bonds. The second-order valence-electron chi connectivity index (χ2n) is 9.76. The molecule has 0 bridgehead atoms. The number of thioether (sulfide) groups is 1. The van der Waals surface area contributed by atoms with E-state index in [9.17, 15) is 15.0 Å². The molecule has 0 aliphatic carbocycles. The number of carboxylic acid groups (broad SMARTS) is 1. The van der Waals surface area contributed by atoms with Gasteiger partial charge < -0.3 is 24.6 Å². The molecule has 1 unspecified atom stereocenters. The Kier molecular flexibility index (Phi) is 9.76. The van der Waals surface area contributed by atoms with Crippen molar-refractivity contribution in [2.45, 2.75) is 43.1 Å². The first-order valence-corrected chi connectivity index (χ1v) is 14.2. The number of rotatable bonds is 12. The second kappa shape index (κ2) is 13.0. The van der Waals surface area contributed by atoms with Gasteiger partial charge in [-0.25, -0.2) is 0 Å². The van der Waals surface area contributed by atoms with Crippen molar-refractivity contribution in [2.24, 2.45) is 5.41 Å². The molecule has 0 saturated carbocycles. The van der Waals surface area contributed by atoms with Crippen LogP contribution in [0.4, 0.5) is 0 Å². The number of nitrogens with zero attached hydrogens (tertiary/aromatic N) is 2. The molecule has 2 aromatic carbocycles. The Labute approximate surface area is 233 Å². The molecule has 2 heterocycles. The summed E-state index contributed by atoms with van der Waals surface area (Å²) >= 11 is 8.27. The predicted molar refractivity (Wildman–Crippen MR) is 152 cm³/mol. The van der Waals surface area contributed by atoms with E-state index >= 15 is 0 Å². The minimum atomic E-state index is -0.899. The van der Waals surface area contributed by atoms with Crippen molar-refractivity contribution in [1.82, 2.24) is 9.88 Å². The molecule has 38 heavy (non-hydrogen) atoms. The summed E-state index contributed by atoms with van der Waals surface area (Å²) in [5.41, 5.74) is 0.432. The Morgan fingerprint density at radius 3 is 2.47 bits per heavy atom. The number of piperidine rings is 1. The number of aliphatic hydroxyl groups excluding tert-OH is 1. The molecule has 0 spiro atoms. The molecule has 9 heteroatoms. The third-order valence-electron chi connectivity index (χ3n) is 7.51. The highest BCUT2D eigenvalue weighted by atomic mass is 35.5. The monoisotopic (exact) mass is 558 g/mol. The summed E-state index contributed by atoms with van der Waals surface area (Å²) in [5, 5.41) is 22.4. The Bertz CT molecular complexity index is 1230. The maximum absolute atomic E-state index is 12.4. The van der Waals surface area contributed by atoms with E-state index in [1.165, 1.54) is 11.1 Å². The summed E-state index contributed by atoms with van der Waals surface area (Å²) < 4.78 is 10.5. The molecule has 1 saturated heterocycles. The fourth-order valence-corrected chi connectivity index (χ4v) is 6.23. The number of ether oxygens (including phenoxy) is 2. The van der Waals surface area contributed by atoms with Gasteiger partial charge in [-0.2, -0.15) is 0 Å². The highest BCUT2D eigenvalue weighted by Gasteiger charge is 2.41. The van der Waals surface area contributed by atoms with Crippen molar-refractivity contribution in [2.75, 3.05) is 39.6 Å². The molecule has 1 aliphatic heterocycles. The number of pyridine rings is 1. The number of carbonyl (C=O) groups is 1. The van der Waals surface area contributed by atoms with E-state index in [-0.39, 0.29) is 0 Å². The lowest BCUT2D eigenvalue weighted by molar-refractivity contribution is -0.153. The van der Waals surface area contributed by atoms with Crippen molar-refractivity contribution in [3.63, 3.8) is 0 Å². The molecule has 1 aliphatic rings. The largest absolute Gasteiger partial charge is 0.497 e. The van der Waals surface area contributed by atoms with Gasteiger partial charge in [0.25, 0.3) is 0 Å². The van der Waals surface area contributed by atoms with Crippen molar-refractivity contribution in [3.05, 3.63) is 59.2 Å². The van der Waals surface area contributed by atoms with Crippen LogP contribution in [0.15, 0.2) is 53.6 Å². The number of aliphatic hydroxyl groups is 1. The standard InChI is InChI=1S/C29H35ClN2O5S/c1-36-20-4-7-22(8-5-20)38-17-3-14-32-15-12-29(13-16-32,28(34)35)11-10-26(33)27-23-18-21(37-2)6-9-25(23)31-19-24(27)30/h4-9,18-19,26,33H,3,10-17H2,1-2H3,(H,34,35). The Morgan fingerprint density at radius 2 is 1.82 bits per heavy atom. The Balaban J connectivity index is 1.31. The van der Waals surface area contributed by atoms with Gasteiger partial charge in [-0.15, -0.1) is 11.8 Å². The molecule has 1 aromatic heterocycles. The average molecular weight is 559 g/mol. The number of benzene rings is 2. The molecule has 204 valence electrons. The number of carboxylic acids is 1. The Morgan fingerprint density at radius 1 is 1.13 bits per heavy atom. The topological polar surface area (TPSA) is 92.1 Å². The molecule has 4 rings (SSSR count). The van der Waals surface area contributed by atoms with Crippen LogP contribution in [0.3, 0.4) is 0 Å². The molecule has 2 N–H and O–H groups in total. The lowest BCUT2D eigenvalue weighted by Gasteiger charge is -2.39. The van der Waals surface area contributed by atoms with Gasteiger partial charge in [0.1, 0.15) is 11.5 Å². The van der Waals surface area contributed by atoms with Crippen molar-refractivity contribution >= 4 is 40.2 Å². The molecular formula is C29H35ClN2O5S.